The third-order valence-electron chi connectivity index (χ3n) is 2.29. The maximum absolute atomic E-state index is 11.0. The number of nitro groups is 1. The van der Waals surface area contributed by atoms with Crippen molar-refractivity contribution in [2.75, 3.05) is 5.32 Å². The molecule has 0 bridgehead atoms. The lowest BCUT2D eigenvalue weighted by atomic mass is 10.1. The fourth-order valence-corrected chi connectivity index (χ4v) is 1.87. The van der Waals surface area contributed by atoms with Crippen molar-refractivity contribution < 1.29 is 10.0 Å². The molecule has 0 fully saturated rings. The third-order valence-corrected chi connectivity index (χ3v) is 2.46. The van der Waals surface area contributed by atoms with Gasteiger partial charge in [0.05, 0.1) is 11.0 Å². The van der Waals surface area contributed by atoms with Gasteiger partial charge in [0.15, 0.2) is 0 Å². The molecule has 100 valence electrons. The number of hydrogen-bond acceptors (Lipinski definition) is 6. The van der Waals surface area contributed by atoms with E-state index in [0.29, 0.717) is 6.42 Å². The summed E-state index contributed by atoms with van der Waals surface area (Å²) < 4.78 is 0. The van der Waals surface area contributed by atoms with Gasteiger partial charge < -0.3 is 10.4 Å². The smallest absolute Gasteiger partial charge is 0.332 e. The summed E-state index contributed by atoms with van der Waals surface area (Å²) in [6.45, 7) is 4.93. The Kier molecular flexibility index (Phi) is 4.80. The van der Waals surface area contributed by atoms with Gasteiger partial charge in [0.25, 0.3) is 0 Å². The van der Waals surface area contributed by atoms with E-state index in [-0.39, 0.29) is 28.5 Å². The van der Waals surface area contributed by atoms with Crippen LogP contribution in [-0.2, 0) is 0 Å². The molecule has 0 saturated carbocycles. The molecule has 18 heavy (non-hydrogen) atoms. The van der Waals surface area contributed by atoms with Crippen molar-refractivity contribution >= 4 is 23.1 Å². The van der Waals surface area contributed by atoms with Crippen LogP contribution in [0.4, 0.5) is 11.5 Å². The van der Waals surface area contributed by atoms with Gasteiger partial charge >= 0.3 is 5.69 Å². The van der Waals surface area contributed by atoms with Gasteiger partial charge in [-0.1, -0.05) is 0 Å². The van der Waals surface area contributed by atoms with Crippen molar-refractivity contribution in [3.63, 3.8) is 0 Å². The number of aliphatic hydroxyl groups is 1. The first-order valence-electron chi connectivity index (χ1n) is 5.44. The van der Waals surface area contributed by atoms with Crippen molar-refractivity contribution in [3.05, 3.63) is 21.1 Å². The molecule has 0 aliphatic rings. The zero-order valence-electron chi connectivity index (χ0n) is 10.3. The maximum atomic E-state index is 11.0. The summed E-state index contributed by atoms with van der Waals surface area (Å²) in [5.74, 6) is 0.0747. The minimum atomic E-state index is -0.552. The van der Waals surface area contributed by atoms with Gasteiger partial charge in [0.2, 0.25) is 11.1 Å². The van der Waals surface area contributed by atoms with Crippen molar-refractivity contribution in [2.24, 2.45) is 0 Å². The lowest BCUT2D eigenvalue weighted by Gasteiger charge is -2.16. The Bertz CT molecular complexity index is 453. The Labute approximate surface area is 109 Å². The normalized spacial score (nSPS) is 14.1. The van der Waals surface area contributed by atoms with E-state index in [4.69, 9.17) is 11.6 Å². The highest BCUT2D eigenvalue weighted by Gasteiger charge is 2.23. The molecule has 0 spiro atoms. The number of nitrogens with one attached hydrogen (secondary N) is 1. The van der Waals surface area contributed by atoms with Crippen LogP contribution in [0.5, 0.6) is 0 Å². The summed E-state index contributed by atoms with van der Waals surface area (Å²) in [6, 6.07) is -0.172. The molecule has 7 nitrogen and oxygen atoms in total. The fourth-order valence-electron chi connectivity index (χ4n) is 1.66. The number of halogens is 1. The van der Waals surface area contributed by atoms with Gasteiger partial charge in [-0.2, -0.15) is 4.98 Å². The third kappa shape index (κ3) is 3.78. The van der Waals surface area contributed by atoms with E-state index in [2.05, 4.69) is 15.3 Å². The highest BCUT2D eigenvalue weighted by atomic mass is 35.5. The summed E-state index contributed by atoms with van der Waals surface area (Å²) in [7, 11) is 0. The molecule has 2 unspecified atom stereocenters. The van der Waals surface area contributed by atoms with Gasteiger partial charge in [-0.25, -0.2) is 4.98 Å². The molecule has 8 heteroatoms. The van der Waals surface area contributed by atoms with Crippen molar-refractivity contribution in [1.82, 2.24) is 9.97 Å². The van der Waals surface area contributed by atoms with E-state index in [1.165, 1.54) is 6.92 Å². The van der Waals surface area contributed by atoms with E-state index >= 15 is 0 Å². The molecule has 2 atom stereocenters. The first kappa shape index (κ1) is 14.6. The molecular weight excluding hydrogens is 260 g/mol. The van der Waals surface area contributed by atoms with Crippen molar-refractivity contribution in [3.8, 4) is 0 Å². The Morgan fingerprint density at radius 1 is 1.50 bits per heavy atom. The molecule has 0 amide bonds. The average Bonchev–Trinajstić information content (AvgIpc) is 2.12. The SMILES string of the molecule is Cc1nc(Cl)nc(NC(C)CC(C)O)c1[N+](=O)[O-]. The fraction of sp³-hybridized carbons (Fsp3) is 0.600. The molecule has 1 heterocycles. The van der Waals surface area contributed by atoms with Gasteiger partial charge in [0.1, 0.15) is 5.69 Å². The quantitative estimate of drug-likeness (QED) is 0.483. The average molecular weight is 275 g/mol. The lowest BCUT2D eigenvalue weighted by Crippen LogP contribution is -2.22. The van der Waals surface area contributed by atoms with E-state index in [1.807, 2.05) is 0 Å². The zero-order chi connectivity index (χ0) is 13.9. The van der Waals surface area contributed by atoms with Crippen LogP contribution in [0, 0.1) is 17.0 Å². The highest BCUT2D eigenvalue weighted by molar-refractivity contribution is 6.28. The Balaban J connectivity index is 3.03. The van der Waals surface area contributed by atoms with Crippen LogP contribution in [0.3, 0.4) is 0 Å². The molecule has 2 N–H and O–H groups in total. The number of aryl methyl sites for hydroxylation is 1. The molecule has 0 aliphatic heterocycles. The second kappa shape index (κ2) is 5.92. The minimum absolute atomic E-state index is 0.0511. The summed E-state index contributed by atoms with van der Waals surface area (Å²) >= 11 is 5.68. The maximum Gasteiger partial charge on any atom is 0.332 e. The number of nitrogens with zero attached hydrogens (tertiary/aromatic N) is 3. The molecular formula is C10H15ClN4O3. The van der Waals surface area contributed by atoms with Crippen molar-refractivity contribution in [1.29, 1.82) is 0 Å². The number of anilines is 1. The van der Waals surface area contributed by atoms with E-state index < -0.39 is 11.0 Å². The zero-order valence-corrected chi connectivity index (χ0v) is 11.1. The second-order valence-electron chi connectivity index (χ2n) is 4.16. The van der Waals surface area contributed by atoms with E-state index in [9.17, 15) is 15.2 Å². The van der Waals surface area contributed by atoms with Crippen LogP contribution in [-0.4, -0.2) is 32.1 Å². The Morgan fingerprint density at radius 3 is 2.61 bits per heavy atom. The van der Waals surface area contributed by atoms with Crippen LogP contribution < -0.4 is 5.32 Å². The predicted molar refractivity (Wildman–Crippen MR) is 67.8 cm³/mol. The summed E-state index contributed by atoms with van der Waals surface area (Å²) in [4.78, 5) is 18.0. The predicted octanol–water partition coefficient (Wildman–Crippen LogP) is 1.92. The molecule has 0 radical (unpaired) electrons. The van der Waals surface area contributed by atoms with Gasteiger partial charge in [0, 0.05) is 6.04 Å². The number of aliphatic hydroxyl groups excluding tert-OH is 1. The molecule has 0 saturated heterocycles. The molecule has 0 aromatic carbocycles. The number of aromatic nitrogens is 2. The first-order valence-corrected chi connectivity index (χ1v) is 5.82. The minimum Gasteiger partial charge on any atom is -0.393 e. The Hall–Kier alpha value is -1.47. The van der Waals surface area contributed by atoms with E-state index in [0.717, 1.165) is 0 Å². The van der Waals surface area contributed by atoms with E-state index in [1.54, 1.807) is 13.8 Å². The summed E-state index contributed by atoms with van der Waals surface area (Å²) in [5, 5.41) is 23.0. The second-order valence-corrected chi connectivity index (χ2v) is 4.50. The standard InChI is InChI=1S/C10H15ClN4O3/c1-5(4-6(2)16)12-9-8(15(17)18)7(3)13-10(11)14-9/h5-6,16H,4H2,1-3H3,(H,12,13,14). The highest BCUT2D eigenvalue weighted by Crippen LogP contribution is 2.27. The van der Waals surface area contributed by atoms with Crippen LogP contribution in [0.15, 0.2) is 0 Å². The van der Waals surface area contributed by atoms with Crippen molar-refractivity contribution in [2.45, 2.75) is 39.3 Å². The van der Waals surface area contributed by atoms with Crippen LogP contribution in [0.2, 0.25) is 5.28 Å². The van der Waals surface area contributed by atoms with Gasteiger partial charge in [-0.05, 0) is 38.8 Å². The summed E-state index contributed by atoms with van der Waals surface area (Å²) in [6.07, 6.45) is -0.0670. The topological polar surface area (TPSA) is 101 Å². The van der Waals surface area contributed by atoms with Crippen LogP contribution in [0.25, 0.3) is 0 Å². The molecule has 1 aromatic heterocycles. The van der Waals surface area contributed by atoms with Gasteiger partial charge in [-0.15, -0.1) is 0 Å². The molecule has 1 rings (SSSR count). The van der Waals surface area contributed by atoms with Gasteiger partial charge in [-0.3, -0.25) is 10.1 Å². The first-order chi connectivity index (χ1) is 8.31. The largest absolute Gasteiger partial charge is 0.393 e. The molecule has 1 aromatic rings. The number of rotatable bonds is 5. The summed E-state index contributed by atoms with van der Waals surface area (Å²) in [5.41, 5.74) is 0.00332. The lowest BCUT2D eigenvalue weighted by molar-refractivity contribution is -0.385. The Morgan fingerprint density at radius 2 is 2.11 bits per heavy atom. The number of hydrogen-bond donors (Lipinski definition) is 2. The van der Waals surface area contributed by atoms with Crippen LogP contribution in [0.1, 0.15) is 26.0 Å². The monoisotopic (exact) mass is 274 g/mol. The molecule has 0 aliphatic carbocycles. The van der Waals surface area contributed by atoms with Crippen LogP contribution >= 0.6 is 11.6 Å².